The highest BCUT2D eigenvalue weighted by Gasteiger charge is 2.25. The molecular weight excluding hydrogens is 302 g/mol. The van der Waals surface area contributed by atoms with Gasteiger partial charge in [0.05, 0.1) is 12.5 Å². The topological polar surface area (TPSA) is 49.3 Å². The van der Waals surface area contributed by atoms with E-state index >= 15 is 0 Å². The number of carboxylic acid groups (broad SMARTS) is 1. The van der Waals surface area contributed by atoms with Crippen LogP contribution in [0.1, 0.15) is 34.5 Å². The Kier molecular flexibility index (Phi) is 4.63. The summed E-state index contributed by atoms with van der Waals surface area (Å²) in [5.74, 6) is 1.26. The number of carboxylic acids is 1. The van der Waals surface area contributed by atoms with Crippen LogP contribution in [0.15, 0.2) is 41.8 Å². The highest BCUT2D eigenvalue weighted by molar-refractivity contribution is 7.98. The third-order valence-electron chi connectivity index (χ3n) is 3.64. The van der Waals surface area contributed by atoms with Crippen LogP contribution in [0.5, 0.6) is 0 Å². The lowest BCUT2D eigenvalue weighted by molar-refractivity contribution is -0.137. The molecule has 21 heavy (non-hydrogen) atoms. The Hall–Kier alpha value is -1.30. The van der Waals surface area contributed by atoms with Crippen molar-refractivity contribution < 1.29 is 9.90 Å². The van der Waals surface area contributed by atoms with Crippen LogP contribution in [0, 0.1) is 0 Å². The first-order valence-electron chi connectivity index (χ1n) is 6.91. The fourth-order valence-corrected chi connectivity index (χ4v) is 4.57. The first-order chi connectivity index (χ1) is 10.2. The van der Waals surface area contributed by atoms with E-state index in [-0.39, 0.29) is 18.5 Å². The van der Waals surface area contributed by atoms with Gasteiger partial charge in [-0.1, -0.05) is 30.3 Å². The molecule has 2 N–H and O–H groups in total. The zero-order valence-corrected chi connectivity index (χ0v) is 13.1. The van der Waals surface area contributed by atoms with Gasteiger partial charge in [-0.05, 0) is 22.6 Å². The molecule has 5 heteroatoms. The number of carbonyl (C=O) groups is 1. The Morgan fingerprint density at radius 2 is 2.19 bits per heavy atom. The summed E-state index contributed by atoms with van der Waals surface area (Å²) < 4.78 is 0. The van der Waals surface area contributed by atoms with Crippen molar-refractivity contribution in [2.24, 2.45) is 0 Å². The lowest BCUT2D eigenvalue weighted by Gasteiger charge is -2.29. The zero-order chi connectivity index (χ0) is 14.7. The molecular formula is C16H17NO2S2. The van der Waals surface area contributed by atoms with Crippen LogP contribution >= 0.6 is 23.1 Å². The average Bonchev–Trinajstić information content (AvgIpc) is 3.01. The summed E-state index contributed by atoms with van der Waals surface area (Å²) in [6.07, 6.45) is 0.115. The van der Waals surface area contributed by atoms with Crippen LogP contribution in [0.25, 0.3) is 0 Å². The van der Waals surface area contributed by atoms with Gasteiger partial charge < -0.3 is 10.4 Å². The van der Waals surface area contributed by atoms with Crippen LogP contribution in [-0.2, 0) is 10.5 Å². The number of hydrogen-bond acceptors (Lipinski definition) is 4. The van der Waals surface area contributed by atoms with Gasteiger partial charge in [0.1, 0.15) is 0 Å². The quantitative estimate of drug-likeness (QED) is 0.879. The van der Waals surface area contributed by atoms with Gasteiger partial charge in [-0.2, -0.15) is 11.8 Å². The second kappa shape index (κ2) is 6.64. The van der Waals surface area contributed by atoms with E-state index in [9.17, 15) is 4.79 Å². The normalized spacial score (nSPS) is 19.0. The van der Waals surface area contributed by atoms with Crippen LogP contribution in [0.2, 0.25) is 0 Å². The Morgan fingerprint density at radius 1 is 1.33 bits per heavy atom. The van der Waals surface area contributed by atoms with Gasteiger partial charge in [0.25, 0.3) is 0 Å². The molecule has 1 aromatic carbocycles. The van der Waals surface area contributed by atoms with Crippen LogP contribution < -0.4 is 5.32 Å². The van der Waals surface area contributed by atoms with Crippen molar-refractivity contribution in [3.63, 3.8) is 0 Å². The van der Waals surface area contributed by atoms with Crippen molar-refractivity contribution in [2.45, 2.75) is 24.3 Å². The number of benzene rings is 1. The molecule has 3 rings (SSSR count). The van der Waals surface area contributed by atoms with Gasteiger partial charge >= 0.3 is 5.97 Å². The highest BCUT2D eigenvalue weighted by atomic mass is 32.2. The first kappa shape index (κ1) is 14.6. The molecule has 0 fully saturated rings. The number of hydrogen-bond donors (Lipinski definition) is 2. The van der Waals surface area contributed by atoms with Gasteiger partial charge in [0, 0.05) is 22.4 Å². The first-order valence-corrected chi connectivity index (χ1v) is 8.94. The molecule has 0 radical (unpaired) electrons. The molecule has 1 aliphatic rings. The predicted octanol–water partition coefficient (Wildman–Crippen LogP) is 3.84. The van der Waals surface area contributed by atoms with E-state index in [4.69, 9.17) is 5.11 Å². The molecule has 3 nitrogen and oxygen atoms in total. The fraction of sp³-hybridized carbons (Fsp3) is 0.312. The fourth-order valence-electron chi connectivity index (χ4n) is 2.67. The maximum Gasteiger partial charge on any atom is 0.305 e. The molecule has 2 atom stereocenters. The van der Waals surface area contributed by atoms with Crippen molar-refractivity contribution in [1.29, 1.82) is 0 Å². The van der Waals surface area contributed by atoms with Crippen molar-refractivity contribution in [3.8, 4) is 0 Å². The molecule has 1 aliphatic heterocycles. The zero-order valence-electron chi connectivity index (χ0n) is 11.5. The summed E-state index contributed by atoms with van der Waals surface area (Å²) in [6, 6.07) is 12.5. The molecule has 2 unspecified atom stereocenters. The van der Waals surface area contributed by atoms with Crippen LogP contribution in [0.4, 0.5) is 0 Å². The van der Waals surface area contributed by atoms with Gasteiger partial charge in [-0.25, -0.2) is 0 Å². The third-order valence-corrected chi connectivity index (χ3v) is 5.71. The van der Waals surface area contributed by atoms with E-state index in [1.54, 1.807) is 11.3 Å². The number of thiophene rings is 1. The minimum atomic E-state index is -0.766. The van der Waals surface area contributed by atoms with Gasteiger partial charge in [-0.15, -0.1) is 11.3 Å². The van der Waals surface area contributed by atoms with E-state index in [2.05, 4.69) is 29.6 Å². The average molecular weight is 319 g/mol. The summed E-state index contributed by atoms with van der Waals surface area (Å²) in [7, 11) is 0. The molecule has 2 aromatic rings. The Morgan fingerprint density at radius 3 is 2.95 bits per heavy atom. The number of rotatable bonds is 5. The van der Waals surface area contributed by atoms with Crippen LogP contribution in [-0.4, -0.2) is 16.8 Å². The smallest absolute Gasteiger partial charge is 0.305 e. The number of nitrogens with one attached hydrogen (secondary N) is 1. The molecule has 0 aliphatic carbocycles. The monoisotopic (exact) mass is 319 g/mol. The number of fused-ring (bicyclic) bond motifs is 1. The van der Waals surface area contributed by atoms with E-state index in [1.165, 1.54) is 11.1 Å². The minimum Gasteiger partial charge on any atom is -0.481 e. The standard InChI is InChI=1S/C16H17NO2S2/c18-16(19)8-13(15-6-3-7-21-15)17-14-10-20-9-11-4-1-2-5-12(11)14/h1-7,13-14,17H,8-10H2,(H,18,19). The van der Waals surface area contributed by atoms with E-state index in [0.717, 1.165) is 16.4 Å². The molecule has 0 saturated carbocycles. The molecule has 1 aromatic heterocycles. The number of thioether (sulfide) groups is 1. The predicted molar refractivity (Wildman–Crippen MR) is 87.8 cm³/mol. The molecule has 0 bridgehead atoms. The van der Waals surface area contributed by atoms with E-state index in [0.29, 0.717) is 0 Å². The molecule has 0 saturated heterocycles. The molecule has 0 amide bonds. The summed E-state index contributed by atoms with van der Waals surface area (Å²) >= 11 is 3.51. The van der Waals surface area contributed by atoms with Crippen molar-refractivity contribution in [2.75, 3.05) is 5.75 Å². The maximum atomic E-state index is 11.2. The maximum absolute atomic E-state index is 11.2. The second-order valence-electron chi connectivity index (χ2n) is 5.10. The summed E-state index contributed by atoms with van der Waals surface area (Å²) in [5.41, 5.74) is 2.66. The van der Waals surface area contributed by atoms with Crippen molar-refractivity contribution in [3.05, 3.63) is 57.8 Å². The van der Waals surface area contributed by atoms with E-state index < -0.39 is 5.97 Å². The van der Waals surface area contributed by atoms with Crippen LogP contribution in [0.3, 0.4) is 0 Å². The molecule has 110 valence electrons. The summed E-state index contributed by atoms with van der Waals surface area (Å²) in [6.45, 7) is 0. The van der Waals surface area contributed by atoms with Gasteiger partial charge in [0.15, 0.2) is 0 Å². The summed E-state index contributed by atoms with van der Waals surface area (Å²) in [4.78, 5) is 12.2. The van der Waals surface area contributed by atoms with Crippen molar-refractivity contribution >= 4 is 29.1 Å². The van der Waals surface area contributed by atoms with Gasteiger partial charge in [-0.3, -0.25) is 4.79 Å². The molecule has 0 spiro atoms. The number of aliphatic carboxylic acids is 1. The second-order valence-corrected chi connectivity index (χ2v) is 7.11. The lowest BCUT2D eigenvalue weighted by Crippen LogP contribution is -2.31. The Bertz CT molecular complexity index is 612. The van der Waals surface area contributed by atoms with E-state index in [1.807, 2.05) is 29.3 Å². The summed E-state index contributed by atoms with van der Waals surface area (Å²) in [5, 5.41) is 14.7. The SMILES string of the molecule is O=C(O)CC(NC1CSCc2ccccc21)c1cccs1. The minimum absolute atomic E-state index is 0.115. The Labute approximate surface area is 132 Å². The largest absolute Gasteiger partial charge is 0.481 e. The Balaban J connectivity index is 1.82. The highest BCUT2D eigenvalue weighted by Crippen LogP contribution is 2.34. The molecule has 2 heterocycles. The lowest BCUT2D eigenvalue weighted by atomic mass is 10.0. The van der Waals surface area contributed by atoms with Crippen molar-refractivity contribution in [1.82, 2.24) is 5.32 Å². The van der Waals surface area contributed by atoms with Gasteiger partial charge in [0.2, 0.25) is 0 Å². The third kappa shape index (κ3) is 3.48.